The van der Waals surface area contributed by atoms with Gasteiger partial charge in [0.1, 0.15) is 0 Å². The maximum absolute atomic E-state index is 12.7. The van der Waals surface area contributed by atoms with Crippen molar-refractivity contribution < 1.29 is 9.22 Å². The molecule has 0 radical (unpaired) electrons. The summed E-state index contributed by atoms with van der Waals surface area (Å²) in [6, 6.07) is 17.1. The molecule has 1 atom stereocenters. The summed E-state index contributed by atoms with van der Waals surface area (Å²) in [5.74, 6) is -0.0724. The fourth-order valence-corrected chi connectivity index (χ4v) is 3.48. The molecule has 2 aromatic rings. The van der Waals surface area contributed by atoms with Gasteiger partial charge in [-0.05, 0) is 37.3 Å². The van der Waals surface area contributed by atoms with Crippen molar-refractivity contribution in [2.45, 2.75) is 25.7 Å². The van der Waals surface area contributed by atoms with E-state index in [1.54, 1.807) is 12.1 Å². The van der Waals surface area contributed by atoms with Crippen molar-refractivity contribution in [3.63, 3.8) is 0 Å². The van der Waals surface area contributed by atoms with E-state index >= 15 is 0 Å². The number of halogens is 1. The number of Topliss-reactive ketones (excluding diaryl/α,β-unsaturated/α-hetero) is 1. The molecular formula is C19H21BrO2Si. The molecule has 0 saturated heterocycles. The van der Waals surface area contributed by atoms with E-state index in [0.29, 0.717) is 11.1 Å². The highest BCUT2D eigenvalue weighted by Gasteiger charge is 2.28. The predicted octanol–water partition coefficient (Wildman–Crippen LogP) is 5.78. The van der Waals surface area contributed by atoms with Crippen molar-refractivity contribution >= 4 is 30.0 Å². The Balaban J connectivity index is 2.35. The highest BCUT2D eigenvalue weighted by molar-refractivity contribution is 9.10. The number of rotatable bonds is 6. The summed E-state index contributed by atoms with van der Waals surface area (Å²) in [7, 11) is -1.85. The van der Waals surface area contributed by atoms with Gasteiger partial charge in [0.15, 0.2) is 14.1 Å². The van der Waals surface area contributed by atoms with Crippen LogP contribution in [0.1, 0.15) is 22.0 Å². The van der Waals surface area contributed by atoms with E-state index in [-0.39, 0.29) is 5.78 Å². The van der Waals surface area contributed by atoms with Crippen molar-refractivity contribution in [1.29, 1.82) is 0 Å². The lowest BCUT2D eigenvalue weighted by Crippen LogP contribution is -2.30. The molecule has 1 unspecified atom stereocenters. The van der Waals surface area contributed by atoms with Gasteiger partial charge in [0.2, 0.25) is 0 Å². The molecule has 0 heterocycles. The van der Waals surface area contributed by atoms with E-state index in [1.165, 1.54) is 0 Å². The highest BCUT2D eigenvalue weighted by Crippen LogP contribution is 2.31. The second-order valence-corrected chi connectivity index (χ2v) is 11.8. The molecule has 2 aromatic carbocycles. The number of ketones is 1. The number of benzene rings is 2. The van der Waals surface area contributed by atoms with Crippen molar-refractivity contribution in [3.05, 3.63) is 82.3 Å². The summed E-state index contributed by atoms with van der Waals surface area (Å²) >= 11 is 3.44. The van der Waals surface area contributed by atoms with Gasteiger partial charge in [0, 0.05) is 15.6 Å². The minimum Gasteiger partial charge on any atom is -0.407 e. The molecule has 0 N–H and O–H groups in total. The van der Waals surface area contributed by atoms with Crippen LogP contribution in [0.3, 0.4) is 0 Å². The van der Waals surface area contributed by atoms with Gasteiger partial charge < -0.3 is 4.43 Å². The number of hydrogen-bond donors (Lipinski definition) is 0. The quantitative estimate of drug-likeness (QED) is 0.356. The van der Waals surface area contributed by atoms with Gasteiger partial charge in [-0.3, -0.25) is 4.79 Å². The number of carbonyl (C=O) groups is 1. The Morgan fingerprint density at radius 3 is 2.13 bits per heavy atom. The Bertz CT molecular complexity index is 688. The fraction of sp³-hybridized carbons (Fsp3) is 0.211. The van der Waals surface area contributed by atoms with Gasteiger partial charge in [-0.15, -0.1) is 0 Å². The summed E-state index contributed by atoms with van der Waals surface area (Å²) in [5, 5.41) is 0. The second-order valence-electron chi connectivity index (χ2n) is 6.38. The minimum atomic E-state index is -1.85. The molecule has 2 nitrogen and oxygen atoms in total. The Morgan fingerprint density at radius 1 is 1.04 bits per heavy atom. The molecular weight excluding hydrogens is 368 g/mol. The Hall–Kier alpha value is -1.49. The average Bonchev–Trinajstić information content (AvgIpc) is 2.52. The largest absolute Gasteiger partial charge is 0.407 e. The fourth-order valence-electron chi connectivity index (χ4n) is 2.23. The lowest BCUT2D eigenvalue weighted by molar-refractivity contribution is 0.0995. The van der Waals surface area contributed by atoms with E-state index in [2.05, 4.69) is 42.1 Å². The summed E-state index contributed by atoms with van der Waals surface area (Å²) < 4.78 is 7.26. The monoisotopic (exact) mass is 388 g/mol. The molecule has 0 aliphatic carbocycles. The van der Waals surface area contributed by atoms with Crippen LogP contribution in [0.15, 0.2) is 71.2 Å². The Morgan fingerprint density at radius 2 is 1.61 bits per heavy atom. The van der Waals surface area contributed by atoms with Crippen LogP contribution in [-0.2, 0) is 4.43 Å². The first-order chi connectivity index (χ1) is 10.8. The van der Waals surface area contributed by atoms with E-state index in [1.807, 2.05) is 42.5 Å². The van der Waals surface area contributed by atoms with Crippen LogP contribution in [0.5, 0.6) is 0 Å². The van der Waals surface area contributed by atoms with Crippen LogP contribution in [0.2, 0.25) is 19.6 Å². The lowest BCUT2D eigenvalue weighted by Gasteiger charge is -2.28. The zero-order valence-electron chi connectivity index (χ0n) is 13.7. The standard InChI is InChI=1S/C19H21BrO2Si/c1-14(18(21)15-8-6-5-7-9-15)19(22-23(2,3)4)16-10-12-17(20)13-11-16/h5-13,19H,1H2,2-4H3. The first-order valence-electron chi connectivity index (χ1n) is 7.50. The van der Waals surface area contributed by atoms with E-state index in [4.69, 9.17) is 4.43 Å². The molecule has 0 aliphatic rings. The third-order valence-electron chi connectivity index (χ3n) is 3.29. The first-order valence-corrected chi connectivity index (χ1v) is 11.7. The van der Waals surface area contributed by atoms with Crippen molar-refractivity contribution in [2.75, 3.05) is 0 Å². The summed E-state index contributed by atoms with van der Waals surface area (Å²) in [4.78, 5) is 12.7. The van der Waals surface area contributed by atoms with Crippen LogP contribution < -0.4 is 0 Å². The van der Waals surface area contributed by atoms with Gasteiger partial charge >= 0.3 is 0 Å². The van der Waals surface area contributed by atoms with Gasteiger partial charge in [-0.2, -0.15) is 0 Å². The van der Waals surface area contributed by atoms with Crippen LogP contribution >= 0.6 is 15.9 Å². The maximum Gasteiger partial charge on any atom is 0.191 e. The Labute approximate surface area is 147 Å². The van der Waals surface area contributed by atoms with Crippen molar-refractivity contribution in [1.82, 2.24) is 0 Å². The van der Waals surface area contributed by atoms with Crippen molar-refractivity contribution in [3.8, 4) is 0 Å². The molecule has 4 heteroatoms. The van der Waals surface area contributed by atoms with Gasteiger partial charge in [0.25, 0.3) is 0 Å². The second kappa shape index (κ2) is 7.38. The van der Waals surface area contributed by atoms with Crippen LogP contribution in [-0.4, -0.2) is 14.1 Å². The molecule has 0 spiro atoms. The van der Waals surface area contributed by atoms with Crippen LogP contribution in [0, 0.1) is 0 Å². The molecule has 0 amide bonds. The summed E-state index contributed by atoms with van der Waals surface area (Å²) in [6.07, 6.45) is -0.414. The zero-order chi connectivity index (χ0) is 17.0. The molecule has 0 aromatic heterocycles. The molecule has 120 valence electrons. The molecule has 2 rings (SSSR count). The minimum absolute atomic E-state index is 0.0724. The number of hydrogen-bond acceptors (Lipinski definition) is 2. The third kappa shape index (κ3) is 4.99. The molecule has 0 bridgehead atoms. The third-order valence-corrected chi connectivity index (χ3v) is 4.76. The zero-order valence-corrected chi connectivity index (χ0v) is 16.3. The van der Waals surface area contributed by atoms with E-state index < -0.39 is 14.4 Å². The molecule has 0 fully saturated rings. The SMILES string of the molecule is C=C(C(=O)c1ccccc1)C(O[Si](C)(C)C)c1ccc(Br)cc1. The summed E-state index contributed by atoms with van der Waals surface area (Å²) in [6.45, 7) is 10.4. The number of carbonyl (C=O) groups excluding carboxylic acids is 1. The Kier molecular flexibility index (Phi) is 5.73. The first kappa shape index (κ1) is 17.9. The van der Waals surface area contributed by atoms with Crippen molar-refractivity contribution in [2.24, 2.45) is 0 Å². The highest BCUT2D eigenvalue weighted by atomic mass is 79.9. The predicted molar refractivity (Wildman–Crippen MR) is 101 cm³/mol. The molecule has 0 aliphatic heterocycles. The topological polar surface area (TPSA) is 26.3 Å². The van der Waals surface area contributed by atoms with Crippen LogP contribution in [0.25, 0.3) is 0 Å². The lowest BCUT2D eigenvalue weighted by atomic mass is 9.96. The van der Waals surface area contributed by atoms with E-state index in [0.717, 1.165) is 10.0 Å². The molecule has 23 heavy (non-hydrogen) atoms. The van der Waals surface area contributed by atoms with Gasteiger partial charge in [-0.25, -0.2) is 0 Å². The summed E-state index contributed by atoms with van der Waals surface area (Å²) in [5.41, 5.74) is 2.06. The van der Waals surface area contributed by atoms with Crippen LogP contribution in [0.4, 0.5) is 0 Å². The van der Waals surface area contributed by atoms with Gasteiger partial charge in [-0.1, -0.05) is 65.0 Å². The maximum atomic E-state index is 12.7. The van der Waals surface area contributed by atoms with Gasteiger partial charge in [0.05, 0.1) is 6.10 Å². The van der Waals surface area contributed by atoms with E-state index in [9.17, 15) is 4.79 Å². The average molecular weight is 389 g/mol. The normalized spacial score (nSPS) is 12.7. The smallest absolute Gasteiger partial charge is 0.191 e. The molecule has 0 saturated carbocycles.